The number of likely N-dealkylation sites (N-methyl/N-ethyl adjacent to an activating group) is 1. The van der Waals surface area contributed by atoms with E-state index in [9.17, 15) is 0 Å². The number of rotatable bonds is 3. The van der Waals surface area contributed by atoms with Crippen LogP contribution in [-0.4, -0.2) is 58.5 Å². The van der Waals surface area contributed by atoms with Gasteiger partial charge in [0.05, 0.1) is 15.7 Å². The summed E-state index contributed by atoms with van der Waals surface area (Å²) in [6.07, 6.45) is 3.65. The van der Waals surface area contributed by atoms with Gasteiger partial charge in [0.25, 0.3) is 0 Å². The van der Waals surface area contributed by atoms with Crippen molar-refractivity contribution in [3.8, 4) is 0 Å². The zero-order chi connectivity index (χ0) is 18.7. The summed E-state index contributed by atoms with van der Waals surface area (Å²) in [7, 11) is 2.20. The molecular formula is C21H24N6S. The first-order valence-corrected chi connectivity index (χ1v) is 11.0. The van der Waals surface area contributed by atoms with Gasteiger partial charge in [0.15, 0.2) is 11.5 Å². The highest BCUT2D eigenvalue weighted by Gasteiger charge is 2.24. The molecule has 1 aliphatic carbocycles. The molecule has 2 aliphatic rings. The number of thiophene rings is 1. The summed E-state index contributed by atoms with van der Waals surface area (Å²) in [4.78, 5) is 14.9. The Labute approximate surface area is 167 Å². The molecule has 0 amide bonds. The SMILES string of the molecule is CN1CCCN(c2ccc3nc(NC4CC4)c4cc5sccc5n4c3n2)CC1. The molecule has 0 aromatic carbocycles. The number of hydrogen-bond donors (Lipinski definition) is 1. The third-order valence-electron chi connectivity index (χ3n) is 5.91. The lowest BCUT2D eigenvalue weighted by Gasteiger charge is -2.22. The summed E-state index contributed by atoms with van der Waals surface area (Å²) >= 11 is 1.78. The molecule has 0 spiro atoms. The van der Waals surface area contributed by atoms with Crippen LogP contribution in [0.25, 0.3) is 26.9 Å². The van der Waals surface area contributed by atoms with Crippen LogP contribution in [0.15, 0.2) is 29.6 Å². The Morgan fingerprint density at radius 2 is 1.96 bits per heavy atom. The van der Waals surface area contributed by atoms with Crippen LogP contribution < -0.4 is 10.2 Å². The second-order valence-electron chi connectivity index (χ2n) is 8.07. The molecule has 2 fully saturated rings. The lowest BCUT2D eigenvalue weighted by molar-refractivity contribution is 0.360. The minimum absolute atomic E-state index is 0.572. The molecule has 1 saturated carbocycles. The minimum atomic E-state index is 0.572. The van der Waals surface area contributed by atoms with Gasteiger partial charge in [0, 0.05) is 25.7 Å². The highest BCUT2D eigenvalue weighted by molar-refractivity contribution is 7.17. The van der Waals surface area contributed by atoms with E-state index in [1.165, 1.54) is 29.5 Å². The van der Waals surface area contributed by atoms with Crippen molar-refractivity contribution in [3.63, 3.8) is 0 Å². The van der Waals surface area contributed by atoms with Crippen molar-refractivity contribution in [2.45, 2.75) is 25.3 Å². The number of aromatic nitrogens is 3. The maximum Gasteiger partial charge on any atom is 0.166 e. The second-order valence-corrected chi connectivity index (χ2v) is 9.02. The highest BCUT2D eigenvalue weighted by atomic mass is 32.1. The normalized spacial score (nSPS) is 19.0. The zero-order valence-electron chi connectivity index (χ0n) is 16.1. The van der Waals surface area contributed by atoms with Crippen molar-refractivity contribution in [3.05, 3.63) is 29.6 Å². The molecule has 144 valence electrons. The van der Waals surface area contributed by atoms with Crippen LogP contribution in [0, 0.1) is 0 Å². The van der Waals surface area contributed by atoms with Crippen molar-refractivity contribution in [1.82, 2.24) is 19.3 Å². The van der Waals surface area contributed by atoms with E-state index in [0.29, 0.717) is 6.04 Å². The van der Waals surface area contributed by atoms with E-state index in [1.807, 2.05) is 0 Å². The topological polar surface area (TPSA) is 48.7 Å². The largest absolute Gasteiger partial charge is 0.366 e. The van der Waals surface area contributed by atoms with Crippen LogP contribution in [0.3, 0.4) is 0 Å². The van der Waals surface area contributed by atoms with Crippen LogP contribution in [-0.2, 0) is 0 Å². The molecule has 0 unspecified atom stereocenters. The van der Waals surface area contributed by atoms with Crippen LogP contribution >= 0.6 is 11.3 Å². The van der Waals surface area contributed by atoms with Gasteiger partial charge in [0.1, 0.15) is 11.3 Å². The van der Waals surface area contributed by atoms with E-state index in [2.05, 4.69) is 56.2 Å². The Morgan fingerprint density at radius 1 is 1.04 bits per heavy atom. The van der Waals surface area contributed by atoms with Gasteiger partial charge < -0.3 is 15.1 Å². The van der Waals surface area contributed by atoms with Crippen molar-refractivity contribution in [1.29, 1.82) is 0 Å². The predicted octanol–water partition coefficient (Wildman–Crippen LogP) is 3.81. The van der Waals surface area contributed by atoms with Gasteiger partial charge in [-0.25, -0.2) is 9.97 Å². The molecule has 1 N–H and O–H groups in total. The van der Waals surface area contributed by atoms with Crippen LogP contribution in [0.1, 0.15) is 19.3 Å². The fourth-order valence-electron chi connectivity index (χ4n) is 4.17. The molecule has 1 saturated heterocycles. The molecule has 6 rings (SSSR count). The van der Waals surface area contributed by atoms with Gasteiger partial charge in [-0.2, -0.15) is 0 Å². The summed E-state index contributed by atoms with van der Waals surface area (Å²) in [5, 5.41) is 5.78. The lowest BCUT2D eigenvalue weighted by atomic mass is 10.3. The van der Waals surface area contributed by atoms with E-state index in [4.69, 9.17) is 9.97 Å². The number of hydrogen-bond acceptors (Lipinski definition) is 6. The van der Waals surface area contributed by atoms with E-state index in [-0.39, 0.29) is 0 Å². The monoisotopic (exact) mass is 392 g/mol. The number of nitrogens with zero attached hydrogens (tertiary/aromatic N) is 5. The summed E-state index contributed by atoms with van der Waals surface area (Å²) < 4.78 is 3.59. The van der Waals surface area contributed by atoms with Crippen molar-refractivity contribution in [2.24, 2.45) is 0 Å². The van der Waals surface area contributed by atoms with Crippen molar-refractivity contribution < 1.29 is 0 Å². The van der Waals surface area contributed by atoms with E-state index in [1.54, 1.807) is 11.3 Å². The third-order valence-corrected chi connectivity index (χ3v) is 6.76. The molecule has 4 aromatic heterocycles. The molecule has 0 radical (unpaired) electrons. The summed E-state index contributed by atoms with van der Waals surface area (Å²) in [6.45, 7) is 4.31. The van der Waals surface area contributed by atoms with Gasteiger partial charge in [-0.15, -0.1) is 11.3 Å². The Hall–Kier alpha value is -2.38. The smallest absolute Gasteiger partial charge is 0.166 e. The standard InChI is InChI=1S/C21H24N6S/c1-25-8-2-9-26(11-10-25)19-6-5-15-21(24-19)27-16-7-12-28-18(16)13-17(27)20(23-15)22-14-3-4-14/h5-7,12-14H,2-4,8-11H2,1H3,(H,22,23). The Balaban J connectivity index is 1.54. The molecule has 4 aromatic rings. The average molecular weight is 393 g/mol. The van der Waals surface area contributed by atoms with Gasteiger partial charge in [-0.05, 0) is 62.5 Å². The molecular weight excluding hydrogens is 368 g/mol. The number of fused-ring (bicyclic) bond motifs is 5. The second kappa shape index (κ2) is 6.32. The Bertz CT molecular complexity index is 1170. The summed E-state index contributed by atoms with van der Waals surface area (Å²) in [6, 6.07) is 9.31. The maximum absolute atomic E-state index is 5.12. The summed E-state index contributed by atoms with van der Waals surface area (Å²) in [5.74, 6) is 2.05. The van der Waals surface area contributed by atoms with Gasteiger partial charge in [0.2, 0.25) is 0 Å². The number of nitrogens with one attached hydrogen (secondary N) is 1. The van der Waals surface area contributed by atoms with Crippen LogP contribution in [0.5, 0.6) is 0 Å². The molecule has 1 aliphatic heterocycles. The molecule has 5 heterocycles. The predicted molar refractivity (Wildman–Crippen MR) is 117 cm³/mol. The highest BCUT2D eigenvalue weighted by Crippen LogP contribution is 2.34. The number of pyridine rings is 1. The first-order chi connectivity index (χ1) is 13.8. The maximum atomic E-state index is 5.12. The lowest BCUT2D eigenvalue weighted by Crippen LogP contribution is -2.29. The van der Waals surface area contributed by atoms with Crippen molar-refractivity contribution in [2.75, 3.05) is 43.4 Å². The molecule has 0 bridgehead atoms. The van der Waals surface area contributed by atoms with Crippen LogP contribution in [0.4, 0.5) is 11.6 Å². The molecule has 0 atom stereocenters. The van der Waals surface area contributed by atoms with Gasteiger partial charge in [-0.1, -0.05) is 0 Å². The minimum Gasteiger partial charge on any atom is -0.366 e. The van der Waals surface area contributed by atoms with Crippen LogP contribution in [0.2, 0.25) is 0 Å². The van der Waals surface area contributed by atoms with E-state index in [0.717, 1.165) is 54.5 Å². The first kappa shape index (κ1) is 16.6. The summed E-state index contributed by atoms with van der Waals surface area (Å²) in [5.41, 5.74) is 4.28. The molecule has 7 heteroatoms. The Morgan fingerprint density at radius 3 is 2.86 bits per heavy atom. The molecule has 6 nitrogen and oxygen atoms in total. The van der Waals surface area contributed by atoms with E-state index < -0.39 is 0 Å². The van der Waals surface area contributed by atoms with Gasteiger partial charge >= 0.3 is 0 Å². The fourth-order valence-corrected chi connectivity index (χ4v) is 4.97. The van der Waals surface area contributed by atoms with E-state index >= 15 is 0 Å². The first-order valence-electron chi connectivity index (χ1n) is 10.2. The fraction of sp³-hybridized carbons (Fsp3) is 0.429. The Kier molecular flexibility index (Phi) is 3.74. The quantitative estimate of drug-likeness (QED) is 0.574. The van der Waals surface area contributed by atoms with Crippen molar-refractivity contribution >= 4 is 49.9 Å². The average Bonchev–Trinajstić information content (AvgIpc) is 3.33. The number of anilines is 2. The zero-order valence-corrected chi connectivity index (χ0v) is 16.9. The molecule has 28 heavy (non-hydrogen) atoms. The third kappa shape index (κ3) is 2.72. The van der Waals surface area contributed by atoms with Gasteiger partial charge in [-0.3, -0.25) is 4.40 Å².